The molecule has 0 spiro atoms. The van der Waals surface area contributed by atoms with Gasteiger partial charge in [0.1, 0.15) is 22.9 Å². The summed E-state index contributed by atoms with van der Waals surface area (Å²) in [6.45, 7) is 4.75. The third kappa shape index (κ3) is 4.92. The number of carbonyl (C=O) groups is 2. The van der Waals surface area contributed by atoms with Crippen LogP contribution < -0.4 is 5.56 Å². The van der Waals surface area contributed by atoms with Gasteiger partial charge in [-0.1, -0.05) is 13.3 Å². The quantitative estimate of drug-likeness (QED) is 0.475. The van der Waals surface area contributed by atoms with Gasteiger partial charge in [0.15, 0.2) is 0 Å². The van der Waals surface area contributed by atoms with Crippen LogP contribution in [-0.4, -0.2) is 60.2 Å². The molecule has 148 valence electrons. The van der Waals surface area contributed by atoms with Gasteiger partial charge in [-0.2, -0.15) is 0 Å². The van der Waals surface area contributed by atoms with Crippen LogP contribution in [0.15, 0.2) is 11.1 Å². The second-order valence-corrected chi connectivity index (χ2v) is 7.21. The third-order valence-electron chi connectivity index (χ3n) is 4.20. The highest BCUT2D eigenvalue weighted by molar-refractivity contribution is 7.20. The van der Waals surface area contributed by atoms with Crippen LogP contribution in [0.3, 0.4) is 0 Å². The second kappa shape index (κ2) is 9.61. The van der Waals surface area contributed by atoms with Gasteiger partial charge in [-0.05, 0) is 18.9 Å². The molecule has 0 aliphatic rings. The molecule has 0 radical (unpaired) electrons. The van der Waals surface area contributed by atoms with Crippen molar-refractivity contribution in [2.24, 2.45) is 0 Å². The van der Waals surface area contributed by atoms with E-state index in [0.29, 0.717) is 33.8 Å². The molecule has 1 amide bonds. The summed E-state index contributed by atoms with van der Waals surface area (Å²) in [4.78, 5) is 44.0. The zero-order chi connectivity index (χ0) is 20.0. The monoisotopic (exact) mass is 395 g/mol. The molecule has 8 nitrogen and oxygen atoms in total. The van der Waals surface area contributed by atoms with Gasteiger partial charge in [0.2, 0.25) is 5.91 Å². The minimum atomic E-state index is -0.506. The lowest BCUT2D eigenvalue weighted by molar-refractivity contribution is -0.130. The molecule has 0 aromatic carbocycles. The van der Waals surface area contributed by atoms with Crippen molar-refractivity contribution in [3.8, 4) is 0 Å². The van der Waals surface area contributed by atoms with E-state index in [1.807, 2.05) is 0 Å². The normalized spacial score (nSPS) is 11.0. The maximum absolute atomic E-state index is 12.8. The SMILES string of the molecule is CCCCN(C)C(=O)Cn1cnc2sc(C(=O)OCCOC)c(C)c2c1=O. The maximum Gasteiger partial charge on any atom is 0.348 e. The van der Waals surface area contributed by atoms with Crippen LogP contribution in [0.1, 0.15) is 35.0 Å². The summed E-state index contributed by atoms with van der Waals surface area (Å²) in [5.41, 5.74) is 0.193. The molecule has 0 unspecified atom stereocenters. The Bertz CT molecular complexity index is 874. The number of hydrogen-bond acceptors (Lipinski definition) is 7. The third-order valence-corrected chi connectivity index (χ3v) is 5.38. The number of rotatable bonds is 9. The summed E-state index contributed by atoms with van der Waals surface area (Å²) >= 11 is 1.11. The minimum Gasteiger partial charge on any atom is -0.459 e. The van der Waals surface area contributed by atoms with Gasteiger partial charge in [-0.15, -0.1) is 11.3 Å². The van der Waals surface area contributed by atoms with Crippen molar-refractivity contribution < 1.29 is 19.1 Å². The van der Waals surface area contributed by atoms with E-state index in [9.17, 15) is 14.4 Å². The van der Waals surface area contributed by atoms with E-state index >= 15 is 0 Å². The molecule has 0 bridgehead atoms. The maximum atomic E-state index is 12.8. The first-order chi connectivity index (χ1) is 12.9. The molecule has 0 saturated heterocycles. The molecule has 0 N–H and O–H groups in total. The van der Waals surface area contributed by atoms with Gasteiger partial charge in [0.25, 0.3) is 5.56 Å². The van der Waals surface area contributed by atoms with E-state index in [0.717, 1.165) is 24.2 Å². The van der Waals surface area contributed by atoms with E-state index < -0.39 is 5.97 Å². The molecule has 27 heavy (non-hydrogen) atoms. The van der Waals surface area contributed by atoms with Crippen LogP contribution in [0, 0.1) is 6.92 Å². The molecule has 9 heteroatoms. The Labute approximate surface area is 161 Å². The van der Waals surface area contributed by atoms with Crippen molar-refractivity contribution in [3.63, 3.8) is 0 Å². The van der Waals surface area contributed by atoms with Crippen LogP contribution >= 0.6 is 11.3 Å². The lowest BCUT2D eigenvalue weighted by atomic mass is 10.2. The Hall–Kier alpha value is -2.26. The number of likely N-dealkylation sites (N-methyl/N-ethyl adjacent to an activating group) is 1. The first kappa shape index (κ1) is 21.0. The van der Waals surface area contributed by atoms with Gasteiger partial charge in [-0.3, -0.25) is 14.2 Å². The van der Waals surface area contributed by atoms with Crippen molar-refractivity contribution in [2.75, 3.05) is 33.9 Å². The number of aryl methyl sites for hydroxylation is 1. The number of thiophene rings is 1. The molecule has 2 aromatic heterocycles. The lowest BCUT2D eigenvalue weighted by Crippen LogP contribution is -2.34. The van der Waals surface area contributed by atoms with Crippen LogP contribution in [0.25, 0.3) is 10.2 Å². The van der Waals surface area contributed by atoms with Crippen LogP contribution in [0.2, 0.25) is 0 Å². The number of fused-ring (bicyclic) bond motifs is 1. The molecule has 2 rings (SSSR count). The standard InChI is InChI=1S/C18H25N3O5S/c1-5-6-7-20(3)13(22)10-21-11-19-16-14(17(21)23)12(2)15(27-16)18(24)26-9-8-25-4/h11H,5-10H2,1-4H3. The minimum absolute atomic E-state index is 0.0785. The summed E-state index contributed by atoms with van der Waals surface area (Å²) in [5.74, 6) is -0.660. The molecule has 0 saturated carbocycles. The molecule has 0 fully saturated rings. The molecule has 2 aromatic rings. The number of nitrogens with zero attached hydrogens (tertiary/aromatic N) is 3. The number of methoxy groups -OCH3 is 1. The van der Waals surface area contributed by atoms with Crippen molar-refractivity contribution in [1.82, 2.24) is 14.5 Å². The highest BCUT2D eigenvalue weighted by Crippen LogP contribution is 2.27. The number of ether oxygens (including phenoxy) is 2. The van der Waals surface area contributed by atoms with Crippen molar-refractivity contribution in [3.05, 3.63) is 27.1 Å². The van der Waals surface area contributed by atoms with Gasteiger partial charge in [-0.25, -0.2) is 9.78 Å². The Kier molecular flexibility index (Phi) is 7.49. The van der Waals surface area contributed by atoms with E-state index in [-0.39, 0.29) is 24.6 Å². The Morgan fingerprint density at radius 3 is 2.74 bits per heavy atom. The Balaban J connectivity index is 2.26. The van der Waals surface area contributed by atoms with Crippen molar-refractivity contribution in [1.29, 1.82) is 0 Å². The summed E-state index contributed by atoms with van der Waals surface area (Å²) in [7, 11) is 3.24. The predicted molar refractivity (Wildman–Crippen MR) is 103 cm³/mol. The van der Waals surface area contributed by atoms with E-state index in [4.69, 9.17) is 9.47 Å². The summed E-state index contributed by atoms with van der Waals surface area (Å²) in [6, 6.07) is 0. The summed E-state index contributed by atoms with van der Waals surface area (Å²) in [6.07, 6.45) is 3.25. The fraction of sp³-hybridized carbons (Fsp3) is 0.556. The predicted octanol–water partition coefficient (Wildman–Crippen LogP) is 1.83. The van der Waals surface area contributed by atoms with Crippen LogP contribution in [0.4, 0.5) is 0 Å². The zero-order valence-corrected chi connectivity index (χ0v) is 16.9. The topological polar surface area (TPSA) is 90.7 Å². The zero-order valence-electron chi connectivity index (χ0n) is 16.1. The molecule has 0 atom stereocenters. The Morgan fingerprint density at radius 1 is 1.33 bits per heavy atom. The van der Waals surface area contributed by atoms with Gasteiger partial charge < -0.3 is 14.4 Å². The highest BCUT2D eigenvalue weighted by atomic mass is 32.1. The van der Waals surface area contributed by atoms with Crippen molar-refractivity contribution in [2.45, 2.75) is 33.2 Å². The average Bonchev–Trinajstić information content (AvgIpc) is 2.99. The number of amides is 1. The number of hydrogen-bond donors (Lipinski definition) is 0. The highest BCUT2D eigenvalue weighted by Gasteiger charge is 2.21. The van der Waals surface area contributed by atoms with E-state index in [1.54, 1.807) is 18.9 Å². The number of aromatic nitrogens is 2. The lowest BCUT2D eigenvalue weighted by Gasteiger charge is -2.17. The number of esters is 1. The molecule has 0 aliphatic carbocycles. The van der Waals surface area contributed by atoms with Crippen molar-refractivity contribution >= 4 is 33.4 Å². The van der Waals surface area contributed by atoms with Gasteiger partial charge in [0, 0.05) is 20.7 Å². The fourth-order valence-corrected chi connectivity index (χ4v) is 3.57. The molecule has 0 aliphatic heterocycles. The van der Waals surface area contributed by atoms with E-state index in [2.05, 4.69) is 11.9 Å². The Morgan fingerprint density at radius 2 is 2.07 bits per heavy atom. The van der Waals surface area contributed by atoms with Crippen LogP contribution in [-0.2, 0) is 20.8 Å². The summed E-state index contributed by atoms with van der Waals surface area (Å²) in [5, 5.41) is 0.352. The first-order valence-electron chi connectivity index (χ1n) is 8.79. The van der Waals surface area contributed by atoms with E-state index in [1.165, 1.54) is 18.0 Å². The summed E-state index contributed by atoms with van der Waals surface area (Å²) < 4.78 is 11.3. The molecular formula is C18H25N3O5S. The number of unbranched alkanes of at least 4 members (excludes halogenated alkanes) is 1. The molecular weight excluding hydrogens is 370 g/mol. The number of carbonyl (C=O) groups excluding carboxylic acids is 2. The average molecular weight is 395 g/mol. The van der Waals surface area contributed by atoms with Gasteiger partial charge >= 0.3 is 5.97 Å². The largest absolute Gasteiger partial charge is 0.459 e. The molecule has 2 heterocycles. The van der Waals surface area contributed by atoms with Gasteiger partial charge in [0.05, 0.1) is 18.3 Å². The fourth-order valence-electron chi connectivity index (χ4n) is 2.54. The smallest absolute Gasteiger partial charge is 0.348 e. The first-order valence-corrected chi connectivity index (χ1v) is 9.60. The second-order valence-electron chi connectivity index (χ2n) is 6.21. The van der Waals surface area contributed by atoms with Crippen LogP contribution in [0.5, 0.6) is 0 Å².